The molecule has 90 valence electrons. The summed E-state index contributed by atoms with van der Waals surface area (Å²) in [7, 11) is 0. The van der Waals surface area contributed by atoms with Gasteiger partial charge < -0.3 is 16.0 Å². The molecule has 1 rings (SSSR count). The molecule has 0 aliphatic heterocycles. The minimum absolute atomic E-state index is 0.127. The van der Waals surface area contributed by atoms with Crippen molar-refractivity contribution < 1.29 is 4.79 Å². The Labute approximate surface area is 99.6 Å². The van der Waals surface area contributed by atoms with E-state index in [4.69, 9.17) is 5.73 Å². The van der Waals surface area contributed by atoms with Crippen molar-refractivity contribution >= 4 is 17.7 Å². The lowest BCUT2D eigenvalue weighted by Crippen LogP contribution is -2.42. The number of rotatable bonds is 6. The van der Waals surface area contributed by atoms with Crippen LogP contribution >= 0.6 is 11.8 Å². The van der Waals surface area contributed by atoms with Crippen molar-refractivity contribution in [2.75, 3.05) is 12.0 Å². The molecular formula is C10H18N4OS. The minimum Gasteiger partial charge on any atom is -0.347 e. The molecule has 0 aliphatic carbocycles. The van der Waals surface area contributed by atoms with Crippen molar-refractivity contribution in [1.29, 1.82) is 0 Å². The molecule has 1 amide bonds. The van der Waals surface area contributed by atoms with E-state index in [1.807, 2.05) is 13.2 Å². The SMILES string of the molecule is CSCC[C@H](N)C(=O)NC(C)c1ncc[nH]1. The van der Waals surface area contributed by atoms with Gasteiger partial charge in [-0.05, 0) is 25.4 Å². The standard InChI is InChI=1S/C10H18N4OS/c1-7(9-12-4-5-13-9)14-10(15)8(11)3-6-16-2/h4-5,7-8H,3,6,11H2,1-2H3,(H,12,13)(H,14,15)/t7?,8-/m0/s1. The highest BCUT2D eigenvalue weighted by atomic mass is 32.2. The Balaban J connectivity index is 2.39. The number of carbonyl (C=O) groups excluding carboxylic acids is 1. The van der Waals surface area contributed by atoms with Crippen LogP contribution in [0.15, 0.2) is 12.4 Å². The normalized spacial score (nSPS) is 14.4. The van der Waals surface area contributed by atoms with Crippen molar-refractivity contribution in [2.24, 2.45) is 5.73 Å². The van der Waals surface area contributed by atoms with E-state index in [0.29, 0.717) is 6.42 Å². The van der Waals surface area contributed by atoms with Crippen LogP contribution in [-0.4, -0.2) is 33.9 Å². The minimum atomic E-state index is -0.440. The van der Waals surface area contributed by atoms with Gasteiger partial charge in [-0.1, -0.05) is 0 Å². The number of amides is 1. The number of thioether (sulfide) groups is 1. The van der Waals surface area contributed by atoms with Gasteiger partial charge in [0.1, 0.15) is 5.82 Å². The molecule has 0 radical (unpaired) electrons. The van der Waals surface area contributed by atoms with Crippen molar-refractivity contribution in [1.82, 2.24) is 15.3 Å². The summed E-state index contributed by atoms with van der Waals surface area (Å²) < 4.78 is 0. The van der Waals surface area contributed by atoms with Gasteiger partial charge in [-0.3, -0.25) is 4.79 Å². The summed E-state index contributed by atoms with van der Waals surface area (Å²) in [6.07, 6.45) is 6.07. The van der Waals surface area contributed by atoms with Crippen LogP contribution in [0.4, 0.5) is 0 Å². The third kappa shape index (κ3) is 3.86. The first-order valence-corrected chi connectivity index (χ1v) is 6.58. The zero-order valence-corrected chi connectivity index (χ0v) is 10.4. The first-order chi connectivity index (χ1) is 7.65. The maximum atomic E-state index is 11.7. The zero-order chi connectivity index (χ0) is 12.0. The molecule has 0 spiro atoms. The van der Waals surface area contributed by atoms with Crippen LogP contribution in [0.5, 0.6) is 0 Å². The third-order valence-corrected chi connectivity index (χ3v) is 2.90. The molecule has 0 saturated carbocycles. The van der Waals surface area contributed by atoms with E-state index in [1.165, 1.54) is 0 Å². The number of H-pyrrole nitrogens is 1. The molecule has 1 heterocycles. The topological polar surface area (TPSA) is 83.8 Å². The predicted octanol–water partition coefficient (Wildman–Crippen LogP) is 0.667. The van der Waals surface area contributed by atoms with Gasteiger partial charge in [0.25, 0.3) is 0 Å². The molecule has 5 nitrogen and oxygen atoms in total. The monoisotopic (exact) mass is 242 g/mol. The summed E-state index contributed by atoms with van der Waals surface area (Å²) in [4.78, 5) is 18.7. The molecule has 4 N–H and O–H groups in total. The van der Waals surface area contributed by atoms with Crippen molar-refractivity contribution in [3.8, 4) is 0 Å². The molecule has 0 aliphatic rings. The molecule has 0 fully saturated rings. The van der Waals surface area contributed by atoms with Crippen molar-refractivity contribution in [3.05, 3.63) is 18.2 Å². The number of nitrogens with two attached hydrogens (primary N) is 1. The molecule has 0 bridgehead atoms. The van der Waals surface area contributed by atoms with Gasteiger partial charge in [-0.2, -0.15) is 11.8 Å². The molecule has 1 aromatic heterocycles. The first kappa shape index (κ1) is 13.1. The van der Waals surface area contributed by atoms with Crippen LogP contribution in [0.3, 0.4) is 0 Å². The summed E-state index contributed by atoms with van der Waals surface area (Å²) in [5.41, 5.74) is 5.75. The molecule has 6 heteroatoms. The first-order valence-electron chi connectivity index (χ1n) is 5.19. The summed E-state index contributed by atoms with van der Waals surface area (Å²) in [6, 6.07) is -0.576. The van der Waals surface area contributed by atoms with Gasteiger partial charge in [0, 0.05) is 12.4 Å². The summed E-state index contributed by atoms with van der Waals surface area (Å²) in [5.74, 6) is 1.51. The summed E-state index contributed by atoms with van der Waals surface area (Å²) >= 11 is 1.69. The number of nitrogens with zero attached hydrogens (tertiary/aromatic N) is 1. The Hall–Kier alpha value is -1.01. The van der Waals surface area contributed by atoms with Crippen molar-refractivity contribution in [2.45, 2.75) is 25.4 Å². The van der Waals surface area contributed by atoms with E-state index in [2.05, 4.69) is 15.3 Å². The van der Waals surface area contributed by atoms with Gasteiger partial charge in [0.2, 0.25) is 5.91 Å². The smallest absolute Gasteiger partial charge is 0.237 e. The number of imidazole rings is 1. The second kappa shape index (κ2) is 6.55. The highest BCUT2D eigenvalue weighted by Crippen LogP contribution is 2.06. The molecule has 16 heavy (non-hydrogen) atoms. The predicted molar refractivity (Wildman–Crippen MR) is 66.1 cm³/mol. The Kier molecular flexibility index (Phi) is 5.34. The Bertz CT molecular complexity index is 315. The lowest BCUT2D eigenvalue weighted by atomic mass is 10.2. The number of nitrogens with one attached hydrogen (secondary N) is 2. The number of hydrogen-bond donors (Lipinski definition) is 3. The Morgan fingerprint density at radius 1 is 1.75 bits per heavy atom. The van der Waals surface area contributed by atoms with E-state index in [1.54, 1.807) is 24.2 Å². The van der Waals surface area contributed by atoms with Crippen LogP contribution < -0.4 is 11.1 Å². The fraction of sp³-hybridized carbons (Fsp3) is 0.600. The molecule has 1 unspecified atom stereocenters. The van der Waals surface area contributed by atoms with E-state index in [-0.39, 0.29) is 11.9 Å². The van der Waals surface area contributed by atoms with Gasteiger partial charge in [-0.25, -0.2) is 4.98 Å². The number of hydrogen-bond acceptors (Lipinski definition) is 4. The van der Waals surface area contributed by atoms with E-state index >= 15 is 0 Å². The lowest BCUT2D eigenvalue weighted by molar-refractivity contribution is -0.123. The highest BCUT2D eigenvalue weighted by Gasteiger charge is 2.16. The second-order valence-corrected chi connectivity index (χ2v) is 4.58. The van der Waals surface area contributed by atoms with Crippen LogP contribution in [0.2, 0.25) is 0 Å². The van der Waals surface area contributed by atoms with Gasteiger partial charge >= 0.3 is 0 Å². The van der Waals surface area contributed by atoms with E-state index in [9.17, 15) is 4.79 Å². The Morgan fingerprint density at radius 2 is 2.50 bits per heavy atom. The Morgan fingerprint density at radius 3 is 3.06 bits per heavy atom. The van der Waals surface area contributed by atoms with Crippen LogP contribution in [-0.2, 0) is 4.79 Å². The fourth-order valence-corrected chi connectivity index (χ4v) is 1.77. The van der Waals surface area contributed by atoms with Crippen molar-refractivity contribution in [3.63, 3.8) is 0 Å². The summed E-state index contributed by atoms with van der Waals surface area (Å²) in [6.45, 7) is 1.87. The molecular weight excluding hydrogens is 224 g/mol. The van der Waals surface area contributed by atoms with Gasteiger partial charge in [0.15, 0.2) is 0 Å². The summed E-state index contributed by atoms with van der Waals surface area (Å²) in [5, 5.41) is 2.82. The lowest BCUT2D eigenvalue weighted by Gasteiger charge is -2.15. The van der Waals surface area contributed by atoms with E-state index in [0.717, 1.165) is 11.6 Å². The number of carbonyl (C=O) groups is 1. The number of aromatic amines is 1. The van der Waals surface area contributed by atoms with Gasteiger partial charge in [0.05, 0.1) is 12.1 Å². The van der Waals surface area contributed by atoms with Crippen LogP contribution in [0.25, 0.3) is 0 Å². The molecule has 1 aromatic rings. The zero-order valence-electron chi connectivity index (χ0n) is 9.56. The quantitative estimate of drug-likeness (QED) is 0.684. The largest absolute Gasteiger partial charge is 0.347 e. The fourth-order valence-electron chi connectivity index (χ4n) is 1.28. The van der Waals surface area contributed by atoms with Crippen LogP contribution in [0, 0.1) is 0 Å². The van der Waals surface area contributed by atoms with Crippen LogP contribution in [0.1, 0.15) is 25.2 Å². The molecule has 2 atom stereocenters. The maximum Gasteiger partial charge on any atom is 0.237 e. The van der Waals surface area contributed by atoms with Gasteiger partial charge in [-0.15, -0.1) is 0 Å². The molecule has 0 saturated heterocycles. The number of aromatic nitrogens is 2. The average Bonchev–Trinajstić information content (AvgIpc) is 2.79. The third-order valence-electron chi connectivity index (χ3n) is 2.26. The maximum absolute atomic E-state index is 11.7. The second-order valence-electron chi connectivity index (χ2n) is 3.59. The molecule has 0 aromatic carbocycles. The van der Waals surface area contributed by atoms with E-state index < -0.39 is 6.04 Å². The highest BCUT2D eigenvalue weighted by molar-refractivity contribution is 7.98. The average molecular weight is 242 g/mol.